The third-order valence-corrected chi connectivity index (χ3v) is 11.6. The van der Waals surface area contributed by atoms with E-state index in [1.54, 1.807) is 24.3 Å². The summed E-state index contributed by atoms with van der Waals surface area (Å²) in [7, 11) is -3.46. The summed E-state index contributed by atoms with van der Waals surface area (Å²) in [4.78, 5) is 15.5. The molecule has 3 aromatic carbocycles. The minimum absolute atomic E-state index is 0.117. The van der Waals surface area contributed by atoms with E-state index in [4.69, 9.17) is 10.5 Å². The molecule has 43 heavy (non-hydrogen) atoms. The fourth-order valence-corrected chi connectivity index (χ4v) is 8.80. The summed E-state index contributed by atoms with van der Waals surface area (Å²) in [5.41, 5.74) is 5.73. The van der Waals surface area contributed by atoms with Crippen molar-refractivity contribution >= 4 is 42.6 Å². The van der Waals surface area contributed by atoms with Crippen LogP contribution < -0.4 is 10.5 Å². The molecule has 2 saturated heterocycles. The molecule has 0 spiro atoms. The van der Waals surface area contributed by atoms with Gasteiger partial charge in [-0.1, -0.05) is 40.2 Å². The Kier molecular flexibility index (Phi) is 8.29. The van der Waals surface area contributed by atoms with Gasteiger partial charge in [-0.2, -0.15) is 13.1 Å². The third kappa shape index (κ3) is 5.81. The highest BCUT2D eigenvalue weighted by atomic mass is 79.9. The maximum absolute atomic E-state index is 16.5. The number of fused-ring (bicyclic) bond motifs is 3. The highest BCUT2D eigenvalue weighted by molar-refractivity contribution is 9.10. The lowest BCUT2D eigenvalue weighted by atomic mass is 9.94. The monoisotopic (exact) mass is 675 g/mol. The van der Waals surface area contributed by atoms with Gasteiger partial charge in [0.2, 0.25) is 15.9 Å². The Hall–Kier alpha value is -2.60. The molecular formula is C32H36BrF2N3O4S. The largest absolute Gasteiger partial charge is 0.490 e. The molecule has 7 nitrogen and oxygen atoms in total. The Balaban J connectivity index is 1.36. The molecule has 2 unspecified atom stereocenters. The third-order valence-electron chi connectivity index (χ3n) is 9.24. The maximum Gasteiger partial charge on any atom is 0.298 e. The van der Waals surface area contributed by atoms with Gasteiger partial charge in [-0.15, -0.1) is 0 Å². The van der Waals surface area contributed by atoms with E-state index in [2.05, 4.69) is 15.9 Å². The van der Waals surface area contributed by atoms with Crippen molar-refractivity contribution in [1.82, 2.24) is 9.21 Å². The van der Waals surface area contributed by atoms with Crippen LogP contribution in [0.3, 0.4) is 0 Å². The number of sulfonamides is 1. The molecule has 2 heterocycles. The van der Waals surface area contributed by atoms with E-state index >= 15 is 8.78 Å². The molecule has 11 heteroatoms. The number of hydrogen-bond donors (Lipinski definition) is 1. The SMILES string of the molecule is CN([C@H](C(=O)N1C2CCC1CC(N)C2)C(F)(F)c1cccc(Br)c1)S(=O)(=O)c1ccc2cc(OC3CCCC3)ccc2c1. The van der Waals surface area contributed by atoms with Crippen LogP contribution in [0.2, 0.25) is 0 Å². The van der Waals surface area contributed by atoms with Gasteiger partial charge < -0.3 is 15.4 Å². The zero-order valence-corrected chi connectivity index (χ0v) is 26.4. The molecule has 0 aromatic heterocycles. The number of hydrogen-bond acceptors (Lipinski definition) is 5. The first-order valence-corrected chi connectivity index (χ1v) is 17.1. The van der Waals surface area contributed by atoms with Crippen LogP contribution >= 0.6 is 15.9 Å². The lowest BCUT2D eigenvalue weighted by Gasteiger charge is -2.42. The van der Waals surface area contributed by atoms with Crippen LogP contribution in [-0.4, -0.2) is 60.8 Å². The summed E-state index contributed by atoms with van der Waals surface area (Å²) in [6.07, 6.45) is 6.82. The first-order chi connectivity index (χ1) is 20.4. The van der Waals surface area contributed by atoms with Gasteiger partial charge in [0.15, 0.2) is 6.04 Å². The highest BCUT2D eigenvalue weighted by Crippen LogP contribution is 2.42. The quantitative estimate of drug-likeness (QED) is 0.308. The normalized spacial score (nSPS) is 23.7. The maximum atomic E-state index is 16.5. The molecule has 3 aromatic rings. The molecule has 2 N–H and O–H groups in total. The number of nitrogens with zero attached hydrogens (tertiary/aromatic N) is 2. The van der Waals surface area contributed by atoms with Crippen LogP contribution in [0.15, 0.2) is 70.0 Å². The number of alkyl halides is 2. The van der Waals surface area contributed by atoms with Crippen molar-refractivity contribution in [3.8, 4) is 5.75 Å². The van der Waals surface area contributed by atoms with Crippen molar-refractivity contribution in [2.24, 2.45) is 5.73 Å². The van der Waals surface area contributed by atoms with Gasteiger partial charge in [-0.25, -0.2) is 8.42 Å². The first kappa shape index (κ1) is 30.4. The fourth-order valence-electron chi connectivity index (χ4n) is 7.05. The second-order valence-electron chi connectivity index (χ2n) is 12.1. The number of amides is 1. The van der Waals surface area contributed by atoms with Crippen molar-refractivity contribution in [1.29, 1.82) is 0 Å². The van der Waals surface area contributed by atoms with Crippen LogP contribution in [0, 0.1) is 0 Å². The lowest BCUT2D eigenvalue weighted by molar-refractivity contribution is -0.155. The van der Waals surface area contributed by atoms with Crippen molar-refractivity contribution < 1.29 is 26.7 Å². The summed E-state index contributed by atoms with van der Waals surface area (Å²) in [5, 5.41) is 1.39. The van der Waals surface area contributed by atoms with Crippen molar-refractivity contribution in [3.05, 3.63) is 70.7 Å². The summed E-state index contributed by atoms with van der Waals surface area (Å²) < 4.78 is 68.1. The number of benzene rings is 3. The van der Waals surface area contributed by atoms with Gasteiger partial charge in [0.05, 0.1) is 11.0 Å². The summed E-state index contributed by atoms with van der Waals surface area (Å²) >= 11 is 3.24. The molecule has 1 amide bonds. The predicted octanol–water partition coefficient (Wildman–Crippen LogP) is 6.19. The zero-order valence-electron chi connectivity index (χ0n) is 24.0. The van der Waals surface area contributed by atoms with Crippen LogP contribution in [0.4, 0.5) is 8.78 Å². The Morgan fingerprint density at radius 3 is 2.33 bits per heavy atom. The van der Waals surface area contributed by atoms with Crippen molar-refractivity contribution in [2.75, 3.05) is 7.05 Å². The Labute approximate surface area is 259 Å². The minimum atomic E-state index is -4.53. The second kappa shape index (κ2) is 11.7. The van der Waals surface area contributed by atoms with Gasteiger partial charge in [-0.3, -0.25) is 4.79 Å². The van der Waals surface area contributed by atoms with Gasteiger partial charge >= 0.3 is 0 Å². The number of ether oxygens (including phenoxy) is 1. The van der Waals surface area contributed by atoms with Gasteiger partial charge in [0, 0.05) is 35.2 Å². The van der Waals surface area contributed by atoms with Crippen molar-refractivity contribution in [2.45, 2.75) is 92.5 Å². The number of piperidine rings is 1. The minimum Gasteiger partial charge on any atom is -0.490 e. The van der Waals surface area contributed by atoms with Gasteiger partial charge in [-0.05, 0) is 98.5 Å². The molecule has 0 radical (unpaired) electrons. The van der Waals surface area contributed by atoms with E-state index in [1.807, 2.05) is 6.07 Å². The molecule has 2 aliphatic heterocycles. The molecule has 1 saturated carbocycles. The molecule has 3 fully saturated rings. The summed E-state index contributed by atoms with van der Waals surface area (Å²) in [6.45, 7) is 0. The van der Waals surface area contributed by atoms with E-state index in [0.29, 0.717) is 45.6 Å². The van der Waals surface area contributed by atoms with Crippen molar-refractivity contribution in [3.63, 3.8) is 0 Å². The molecule has 2 bridgehead atoms. The number of likely N-dealkylation sites (N-methyl/N-ethyl adjacent to an activating group) is 1. The Morgan fingerprint density at radius 2 is 1.65 bits per heavy atom. The number of carbonyl (C=O) groups is 1. The van der Waals surface area contributed by atoms with Gasteiger partial charge in [0.1, 0.15) is 5.75 Å². The highest BCUT2D eigenvalue weighted by Gasteiger charge is 2.56. The van der Waals surface area contributed by atoms with E-state index in [1.165, 1.54) is 35.2 Å². The van der Waals surface area contributed by atoms with Crippen LogP contribution in [0.5, 0.6) is 5.75 Å². The number of carbonyl (C=O) groups excluding carboxylic acids is 1. The number of rotatable bonds is 8. The smallest absolute Gasteiger partial charge is 0.298 e. The Morgan fingerprint density at radius 1 is 1.00 bits per heavy atom. The van der Waals surface area contributed by atoms with E-state index in [0.717, 1.165) is 38.1 Å². The lowest BCUT2D eigenvalue weighted by Crippen LogP contribution is -2.61. The zero-order chi connectivity index (χ0) is 30.5. The molecule has 3 aliphatic rings. The van der Waals surface area contributed by atoms with Crippen LogP contribution in [0.25, 0.3) is 10.8 Å². The fraction of sp³-hybridized carbons (Fsp3) is 0.469. The summed E-state index contributed by atoms with van der Waals surface area (Å²) in [5.74, 6) is -4.02. The van der Waals surface area contributed by atoms with Crippen LogP contribution in [0.1, 0.15) is 56.9 Å². The average molecular weight is 677 g/mol. The second-order valence-corrected chi connectivity index (χ2v) is 15.0. The topological polar surface area (TPSA) is 92.9 Å². The molecule has 3 atom stereocenters. The van der Waals surface area contributed by atoms with Gasteiger partial charge in [0.25, 0.3) is 5.92 Å². The summed E-state index contributed by atoms with van der Waals surface area (Å²) in [6, 6.07) is 12.4. The predicted molar refractivity (Wildman–Crippen MR) is 164 cm³/mol. The molecule has 1 aliphatic carbocycles. The standard InChI is InChI=1S/C32H36BrF2N3O4S/c1-37(43(40,41)29-14-10-20-15-28(13-9-21(20)16-29)42-27-7-2-3-8-27)30(32(34,35)22-5-4-6-23(33)17-22)31(39)38-25-11-12-26(38)19-24(36)18-25/h4-6,9-10,13-17,24-27,30H,2-3,7-8,11-12,18-19,36H2,1H3/t24?,25?,26?,30-/m1/s1. The van der Waals surface area contributed by atoms with Crippen LogP contribution in [-0.2, 0) is 20.7 Å². The first-order valence-electron chi connectivity index (χ1n) is 14.9. The average Bonchev–Trinajstić information content (AvgIpc) is 3.58. The molecular weight excluding hydrogens is 640 g/mol. The number of nitrogens with two attached hydrogens (primary N) is 1. The molecule has 230 valence electrons. The molecule has 6 rings (SSSR count). The number of halogens is 3. The Bertz CT molecular complexity index is 1620. The van der Waals surface area contributed by atoms with E-state index in [-0.39, 0.29) is 29.1 Å². The van der Waals surface area contributed by atoms with E-state index < -0.39 is 33.5 Å². The van der Waals surface area contributed by atoms with E-state index in [9.17, 15) is 13.2 Å².